The average Bonchev–Trinajstić information content (AvgIpc) is 2.66. The molecule has 1 saturated heterocycles. The highest BCUT2D eigenvalue weighted by atomic mass is 32.2. The fourth-order valence-electron chi connectivity index (χ4n) is 3.35. The second kappa shape index (κ2) is 8.14. The Bertz CT molecular complexity index is 1050. The van der Waals surface area contributed by atoms with E-state index in [1.165, 1.54) is 0 Å². The number of ether oxygens (including phenoxy) is 1. The van der Waals surface area contributed by atoms with Crippen LogP contribution in [0.2, 0.25) is 0 Å². The SMILES string of the molecule is O=C(O)NCc1cccc(CC(=O)OC[C@H]2C(=O)N3C(C(=O)O)=CCS(=O)(=O)[C@@H]23)c1. The second-order valence-electron chi connectivity index (χ2n) is 6.77. The number of carbonyl (C=O) groups excluding carboxylic acids is 2. The van der Waals surface area contributed by atoms with E-state index in [-0.39, 0.29) is 13.0 Å². The molecule has 2 atom stereocenters. The van der Waals surface area contributed by atoms with Gasteiger partial charge >= 0.3 is 18.0 Å². The molecule has 1 aromatic rings. The Kier molecular flexibility index (Phi) is 5.78. The summed E-state index contributed by atoms with van der Waals surface area (Å²) in [6.07, 6.45) is -0.374. The number of sulfone groups is 1. The minimum absolute atomic E-state index is 0.0591. The number of benzene rings is 1. The number of hydrogen-bond donors (Lipinski definition) is 3. The lowest BCUT2D eigenvalue weighted by molar-refractivity contribution is -0.160. The van der Waals surface area contributed by atoms with Gasteiger partial charge in [0, 0.05) is 6.54 Å². The van der Waals surface area contributed by atoms with Gasteiger partial charge in [0.25, 0.3) is 0 Å². The molecule has 2 heterocycles. The molecule has 160 valence electrons. The highest BCUT2D eigenvalue weighted by molar-refractivity contribution is 7.92. The van der Waals surface area contributed by atoms with Gasteiger partial charge in [-0.15, -0.1) is 0 Å². The molecule has 2 aliphatic rings. The summed E-state index contributed by atoms with van der Waals surface area (Å²) in [5, 5.41) is 18.6. The van der Waals surface area contributed by atoms with Gasteiger partial charge in [-0.3, -0.25) is 14.5 Å². The number of fused-ring (bicyclic) bond motifs is 1. The lowest BCUT2D eigenvalue weighted by Crippen LogP contribution is -2.67. The number of rotatable bonds is 7. The standard InChI is InChI=1S/C18H18N2O9S/c21-14(7-10-2-1-3-11(6-10)8-19-18(25)26)29-9-12-15(22)20-13(17(23)24)4-5-30(27,28)16(12)20/h1-4,6,12,16,19H,5,7-9H2,(H,23,24)(H,25,26)/t12-,16-/m0/s1. The van der Waals surface area contributed by atoms with Gasteiger partial charge in [0.1, 0.15) is 18.2 Å². The molecule has 0 saturated carbocycles. The van der Waals surface area contributed by atoms with Crippen LogP contribution in [0.15, 0.2) is 36.0 Å². The van der Waals surface area contributed by atoms with Crippen LogP contribution in [0.25, 0.3) is 0 Å². The number of aliphatic carboxylic acids is 1. The Morgan fingerprint density at radius 1 is 1.20 bits per heavy atom. The van der Waals surface area contributed by atoms with Crippen molar-refractivity contribution in [1.82, 2.24) is 10.2 Å². The fraction of sp³-hybridized carbons (Fsp3) is 0.333. The summed E-state index contributed by atoms with van der Waals surface area (Å²) in [4.78, 5) is 46.8. The van der Waals surface area contributed by atoms with Crippen LogP contribution >= 0.6 is 0 Å². The molecule has 11 nitrogen and oxygen atoms in total. The first-order valence-electron chi connectivity index (χ1n) is 8.78. The molecule has 3 rings (SSSR count). The van der Waals surface area contributed by atoms with Gasteiger partial charge in [0.05, 0.1) is 12.2 Å². The Morgan fingerprint density at radius 3 is 2.57 bits per heavy atom. The molecule has 1 aromatic carbocycles. The molecule has 0 radical (unpaired) electrons. The van der Waals surface area contributed by atoms with E-state index >= 15 is 0 Å². The maximum absolute atomic E-state index is 12.3. The van der Waals surface area contributed by atoms with Crippen molar-refractivity contribution < 1.29 is 42.5 Å². The number of hydrogen-bond acceptors (Lipinski definition) is 7. The van der Waals surface area contributed by atoms with Gasteiger partial charge in [-0.05, 0) is 17.2 Å². The number of nitrogens with one attached hydrogen (secondary N) is 1. The van der Waals surface area contributed by atoms with Crippen LogP contribution in [-0.2, 0) is 41.9 Å². The largest absolute Gasteiger partial charge is 0.477 e. The Morgan fingerprint density at radius 2 is 1.90 bits per heavy atom. The molecular weight excluding hydrogens is 420 g/mol. The Hall–Kier alpha value is -3.41. The highest BCUT2D eigenvalue weighted by Crippen LogP contribution is 2.38. The van der Waals surface area contributed by atoms with E-state index in [1.54, 1.807) is 24.3 Å². The topological polar surface area (TPSA) is 167 Å². The number of β-lactam (4-membered cyclic amide) rings is 1. The van der Waals surface area contributed by atoms with E-state index in [9.17, 15) is 27.6 Å². The first kappa shape index (κ1) is 21.3. The smallest absolute Gasteiger partial charge is 0.404 e. The quantitative estimate of drug-likeness (QED) is 0.383. The zero-order chi connectivity index (χ0) is 22.1. The second-order valence-corrected chi connectivity index (χ2v) is 8.91. The number of amides is 2. The highest BCUT2D eigenvalue weighted by Gasteiger charge is 2.58. The van der Waals surface area contributed by atoms with Crippen LogP contribution in [0.3, 0.4) is 0 Å². The van der Waals surface area contributed by atoms with E-state index in [1.807, 2.05) is 0 Å². The van der Waals surface area contributed by atoms with Crippen molar-refractivity contribution in [2.75, 3.05) is 12.4 Å². The van der Waals surface area contributed by atoms with E-state index in [0.29, 0.717) is 16.0 Å². The molecule has 2 amide bonds. The number of esters is 1. The monoisotopic (exact) mass is 438 g/mol. The molecule has 3 N–H and O–H groups in total. The predicted octanol–water partition coefficient (Wildman–Crippen LogP) is -0.279. The van der Waals surface area contributed by atoms with Gasteiger partial charge < -0.3 is 20.3 Å². The van der Waals surface area contributed by atoms with Crippen LogP contribution in [0.4, 0.5) is 4.79 Å². The molecule has 12 heteroatoms. The van der Waals surface area contributed by atoms with Crippen molar-refractivity contribution in [2.24, 2.45) is 5.92 Å². The van der Waals surface area contributed by atoms with Gasteiger partial charge in [-0.1, -0.05) is 24.3 Å². The zero-order valence-corrected chi connectivity index (χ0v) is 16.3. The Labute approximate surface area is 170 Å². The maximum atomic E-state index is 12.3. The molecule has 0 aromatic heterocycles. The summed E-state index contributed by atoms with van der Waals surface area (Å²) >= 11 is 0. The third kappa shape index (κ3) is 4.27. The molecule has 30 heavy (non-hydrogen) atoms. The van der Waals surface area contributed by atoms with Crippen molar-refractivity contribution in [3.8, 4) is 0 Å². The molecular formula is C18H18N2O9S. The first-order valence-corrected chi connectivity index (χ1v) is 10.5. The number of carboxylic acids is 1. The number of carboxylic acid groups (broad SMARTS) is 2. The van der Waals surface area contributed by atoms with E-state index in [0.717, 1.165) is 6.08 Å². The van der Waals surface area contributed by atoms with E-state index < -0.39 is 63.1 Å². The summed E-state index contributed by atoms with van der Waals surface area (Å²) < 4.78 is 29.5. The zero-order valence-electron chi connectivity index (χ0n) is 15.5. The minimum Gasteiger partial charge on any atom is -0.477 e. The molecule has 0 unspecified atom stereocenters. The minimum atomic E-state index is -3.78. The number of carbonyl (C=O) groups is 4. The van der Waals surface area contributed by atoms with E-state index in [4.69, 9.17) is 14.9 Å². The van der Waals surface area contributed by atoms with Crippen molar-refractivity contribution in [1.29, 1.82) is 0 Å². The normalized spacial score (nSPS) is 21.7. The van der Waals surface area contributed by atoms with Gasteiger partial charge in [0.15, 0.2) is 15.2 Å². The lowest BCUT2D eigenvalue weighted by atomic mass is 9.97. The summed E-state index contributed by atoms with van der Waals surface area (Å²) in [6.45, 7) is -0.422. The predicted molar refractivity (Wildman–Crippen MR) is 99.6 cm³/mol. The van der Waals surface area contributed by atoms with E-state index in [2.05, 4.69) is 5.32 Å². The van der Waals surface area contributed by atoms with Crippen molar-refractivity contribution in [2.45, 2.75) is 18.3 Å². The maximum Gasteiger partial charge on any atom is 0.404 e. The van der Waals surface area contributed by atoms with Gasteiger partial charge in [0.2, 0.25) is 5.91 Å². The van der Waals surface area contributed by atoms with Gasteiger partial charge in [-0.25, -0.2) is 18.0 Å². The Balaban J connectivity index is 1.60. The van der Waals surface area contributed by atoms with Crippen LogP contribution < -0.4 is 5.32 Å². The molecule has 1 fully saturated rings. The first-order chi connectivity index (χ1) is 14.1. The third-order valence-corrected chi connectivity index (χ3v) is 6.62. The molecule has 0 spiro atoms. The third-order valence-electron chi connectivity index (χ3n) is 4.72. The fourth-order valence-corrected chi connectivity index (χ4v) is 5.18. The van der Waals surface area contributed by atoms with Crippen LogP contribution in [-0.4, -0.2) is 65.2 Å². The molecule has 0 bridgehead atoms. The summed E-state index contributed by atoms with van der Waals surface area (Å²) in [5.74, 6) is -4.51. The van der Waals surface area contributed by atoms with Crippen LogP contribution in [0, 0.1) is 5.92 Å². The van der Waals surface area contributed by atoms with Crippen molar-refractivity contribution in [3.63, 3.8) is 0 Å². The average molecular weight is 438 g/mol. The van der Waals surface area contributed by atoms with Crippen LogP contribution in [0.1, 0.15) is 11.1 Å². The summed E-state index contributed by atoms with van der Waals surface area (Å²) in [5.41, 5.74) is 0.788. The summed E-state index contributed by atoms with van der Waals surface area (Å²) in [6, 6.07) is 6.57. The summed E-state index contributed by atoms with van der Waals surface area (Å²) in [7, 11) is -3.78. The molecule has 0 aliphatic carbocycles. The lowest BCUT2D eigenvalue weighted by Gasteiger charge is -2.47. The van der Waals surface area contributed by atoms with Crippen LogP contribution in [0.5, 0.6) is 0 Å². The molecule has 2 aliphatic heterocycles. The van der Waals surface area contributed by atoms with Crippen molar-refractivity contribution >= 4 is 33.8 Å². The van der Waals surface area contributed by atoms with Crippen molar-refractivity contribution in [3.05, 3.63) is 47.2 Å². The van der Waals surface area contributed by atoms with Gasteiger partial charge in [-0.2, -0.15) is 0 Å². The number of nitrogens with zero attached hydrogens (tertiary/aromatic N) is 1.